The van der Waals surface area contributed by atoms with E-state index in [4.69, 9.17) is 11.6 Å². The fraction of sp³-hybridized carbons (Fsp3) is 0.200. The van der Waals surface area contributed by atoms with Gasteiger partial charge in [-0.3, -0.25) is 0 Å². The summed E-state index contributed by atoms with van der Waals surface area (Å²) < 4.78 is 1.21. The van der Waals surface area contributed by atoms with E-state index >= 15 is 0 Å². The maximum atomic E-state index is 6.10. The molecule has 68 valence electrons. The van der Waals surface area contributed by atoms with E-state index in [1.54, 1.807) is 23.1 Å². The zero-order chi connectivity index (χ0) is 9.42. The van der Waals surface area contributed by atoms with Gasteiger partial charge in [-0.25, -0.2) is 0 Å². The molecule has 1 heterocycles. The van der Waals surface area contributed by atoms with E-state index in [1.807, 2.05) is 6.07 Å². The van der Waals surface area contributed by atoms with Crippen LogP contribution in [0.5, 0.6) is 0 Å². The Bertz CT molecular complexity index is 445. The lowest BCUT2D eigenvalue weighted by molar-refractivity contribution is 1.50. The van der Waals surface area contributed by atoms with Gasteiger partial charge in [-0.2, -0.15) is 0 Å². The topological polar surface area (TPSA) is 0 Å². The maximum absolute atomic E-state index is 6.10. The number of hydrogen-bond donors (Lipinski definition) is 0. The molecule has 0 spiro atoms. The van der Waals surface area contributed by atoms with Crippen molar-refractivity contribution in [2.75, 3.05) is 6.26 Å². The number of halogens is 1. The molecular weight excluding hydrogens is 220 g/mol. The normalized spacial score (nSPS) is 11.0. The van der Waals surface area contributed by atoms with Gasteiger partial charge in [0.25, 0.3) is 0 Å². The lowest BCUT2D eigenvalue weighted by Crippen LogP contribution is -1.75. The van der Waals surface area contributed by atoms with Gasteiger partial charge < -0.3 is 0 Å². The van der Waals surface area contributed by atoms with Crippen LogP contribution in [0, 0.1) is 6.92 Å². The molecule has 0 bridgehead atoms. The average molecular weight is 229 g/mol. The van der Waals surface area contributed by atoms with Crippen molar-refractivity contribution in [2.24, 2.45) is 0 Å². The standard InChI is InChI=1S/C10H9ClS2/c1-6-3-4-7(11)10-9(6)8(12-2)5-13-10/h3-5H,1-2H3. The van der Waals surface area contributed by atoms with Crippen LogP contribution >= 0.6 is 34.7 Å². The molecular formula is C10H9ClS2. The fourth-order valence-corrected chi connectivity index (χ4v) is 3.66. The molecule has 0 atom stereocenters. The third-order valence-electron chi connectivity index (χ3n) is 2.07. The third-order valence-corrected chi connectivity index (χ3v) is 4.42. The Morgan fingerprint density at radius 2 is 2.15 bits per heavy atom. The minimum absolute atomic E-state index is 0.867. The molecule has 0 saturated carbocycles. The van der Waals surface area contributed by atoms with Crippen LogP contribution in [0.2, 0.25) is 5.02 Å². The van der Waals surface area contributed by atoms with Gasteiger partial charge in [0.2, 0.25) is 0 Å². The molecule has 1 aromatic heterocycles. The van der Waals surface area contributed by atoms with Gasteiger partial charge in [0.15, 0.2) is 0 Å². The zero-order valence-electron chi connectivity index (χ0n) is 7.43. The molecule has 0 aliphatic heterocycles. The molecule has 0 aliphatic rings. The van der Waals surface area contributed by atoms with Crippen LogP contribution in [0.15, 0.2) is 22.4 Å². The predicted octanol–water partition coefficient (Wildman–Crippen LogP) is 4.59. The van der Waals surface area contributed by atoms with Gasteiger partial charge in [-0.05, 0) is 24.8 Å². The van der Waals surface area contributed by atoms with Crippen molar-refractivity contribution in [2.45, 2.75) is 11.8 Å². The Morgan fingerprint density at radius 3 is 2.85 bits per heavy atom. The molecule has 0 aliphatic carbocycles. The molecule has 0 nitrogen and oxygen atoms in total. The number of rotatable bonds is 1. The van der Waals surface area contributed by atoms with Crippen molar-refractivity contribution in [1.29, 1.82) is 0 Å². The van der Waals surface area contributed by atoms with Crippen molar-refractivity contribution in [3.63, 3.8) is 0 Å². The second-order valence-corrected chi connectivity index (χ2v) is 5.01. The van der Waals surface area contributed by atoms with E-state index in [-0.39, 0.29) is 0 Å². The molecule has 2 aromatic rings. The average Bonchev–Trinajstić information content (AvgIpc) is 2.56. The van der Waals surface area contributed by atoms with Crippen molar-refractivity contribution in [1.82, 2.24) is 0 Å². The summed E-state index contributed by atoms with van der Waals surface area (Å²) in [4.78, 5) is 1.33. The Labute approximate surface area is 90.9 Å². The third kappa shape index (κ3) is 1.47. The number of aryl methyl sites for hydroxylation is 1. The number of benzene rings is 1. The molecule has 3 heteroatoms. The van der Waals surface area contributed by atoms with E-state index in [1.165, 1.54) is 20.5 Å². The van der Waals surface area contributed by atoms with Gasteiger partial charge in [-0.1, -0.05) is 17.7 Å². The number of fused-ring (bicyclic) bond motifs is 1. The summed E-state index contributed by atoms with van der Waals surface area (Å²) in [5, 5.41) is 4.37. The van der Waals surface area contributed by atoms with Crippen LogP contribution in [-0.4, -0.2) is 6.26 Å². The van der Waals surface area contributed by atoms with E-state index in [0.29, 0.717) is 0 Å². The first-order valence-electron chi connectivity index (χ1n) is 3.94. The highest BCUT2D eigenvalue weighted by molar-refractivity contribution is 7.99. The summed E-state index contributed by atoms with van der Waals surface area (Å²) in [7, 11) is 0. The maximum Gasteiger partial charge on any atom is 0.0584 e. The van der Waals surface area contributed by atoms with Gasteiger partial charge in [0.05, 0.1) is 9.72 Å². The van der Waals surface area contributed by atoms with E-state index in [2.05, 4.69) is 24.6 Å². The minimum Gasteiger partial charge on any atom is -0.141 e. The molecule has 0 fully saturated rings. The summed E-state index contributed by atoms with van der Waals surface area (Å²) in [6.45, 7) is 2.13. The minimum atomic E-state index is 0.867. The summed E-state index contributed by atoms with van der Waals surface area (Å²) in [6.07, 6.45) is 2.10. The van der Waals surface area contributed by atoms with Crippen LogP contribution in [0.25, 0.3) is 10.1 Å². The van der Waals surface area contributed by atoms with Crippen molar-refractivity contribution >= 4 is 44.8 Å². The fourth-order valence-electron chi connectivity index (χ4n) is 1.40. The van der Waals surface area contributed by atoms with E-state index < -0.39 is 0 Å². The Hall–Kier alpha value is -0.180. The second-order valence-electron chi connectivity index (χ2n) is 2.87. The quantitative estimate of drug-likeness (QED) is 0.644. The van der Waals surface area contributed by atoms with Crippen molar-refractivity contribution in [3.05, 3.63) is 28.1 Å². The van der Waals surface area contributed by atoms with E-state index in [9.17, 15) is 0 Å². The number of thiophene rings is 1. The van der Waals surface area contributed by atoms with Crippen LogP contribution in [0.4, 0.5) is 0 Å². The molecule has 0 saturated heterocycles. The van der Waals surface area contributed by atoms with Gasteiger partial charge in [-0.15, -0.1) is 23.1 Å². The molecule has 0 radical (unpaired) electrons. The van der Waals surface area contributed by atoms with E-state index in [0.717, 1.165) is 5.02 Å². The predicted molar refractivity (Wildman–Crippen MR) is 63.4 cm³/mol. The SMILES string of the molecule is CSc1csc2c(Cl)ccc(C)c12. The van der Waals surface area contributed by atoms with Gasteiger partial charge >= 0.3 is 0 Å². The van der Waals surface area contributed by atoms with Crippen LogP contribution < -0.4 is 0 Å². The second kappa shape index (κ2) is 3.52. The van der Waals surface area contributed by atoms with Crippen molar-refractivity contribution < 1.29 is 0 Å². The van der Waals surface area contributed by atoms with Gasteiger partial charge in [0.1, 0.15) is 0 Å². The highest BCUT2D eigenvalue weighted by atomic mass is 35.5. The Balaban J connectivity index is 2.87. The highest BCUT2D eigenvalue weighted by Crippen LogP contribution is 2.38. The number of thioether (sulfide) groups is 1. The first kappa shape index (κ1) is 9.38. The zero-order valence-corrected chi connectivity index (χ0v) is 9.82. The number of hydrogen-bond acceptors (Lipinski definition) is 2. The highest BCUT2D eigenvalue weighted by Gasteiger charge is 2.08. The summed E-state index contributed by atoms with van der Waals surface area (Å²) >= 11 is 9.61. The molecule has 0 unspecified atom stereocenters. The van der Waals surface area contributed by atoms with Gasteiger partial charge in [0, 0.05) is 15.7 Å². The van der Waals surface area contributed by atoms with Crippen LogP contribution in [0.1, 0.15) is 5.56 Å². The van der Waals surface area contributed by atoms with Crippen molar-refractivity contribution in [3.8, 4) is 0 Å². The lowest BCUT2D eigenvalue weighted by Gasteiger charge is -2.00. The monoisotopic (exact) mass is 228 g/mol. The summed E-state index contributed by atoms with van der Waals surface area (Å²) in [5.74, 6) is 0. The lowest BCUT2D eigenvalue weighted by atomic mass is 10.1. The molecule has 2 rings (SSSR count). The molecule has 0 amide bonds. The molecule has 0 N–H and O–H groups in total. The van der Waals surface area contributed by atoms with Crippen LogP contribution in [0.3, 0.4) is 0 Å². The Morgan fingerprint density at radius 1 is 1.38 bits per heavy atom. The molecule has 1 aromatic carbocycles. The first-order chi connectivity index (χ1) is 6.24. The molecule has 13 heavy (non-hydrogen) atoms. The smallest absolute Gasteiger partial charge is 0.0584 e. The summed E-state index contributed by atoms with van der Waals surface area (Å²) in [6, 6.07) is 4.05. The summed E-state index contributed by atoms with van der Waals surface area (Å²) in [5.41, 5.74) is 1.31. The van der Waals surface area contributed by atoms with Crippen LogP contribution in [-0.2, 0) is 0 Å². The largest absolute Gasteiger partial charge is 0.141 e. The first-order valence-corrected chi connectivity index (χ1v) is 6.42. The Kier molecular flexibility index (Phi) is 2.54.